The van der Waals surface area contributed by atoms with Crippen LogP contribution in [0.4, 0.5) is 0 Å². The van der Waals surface area contributed by atoms with E-state index in [1.54, 1.807) is 6.20 Å². The second-order valence-corrected chi connectivity index (χ2v) is 6.05. The van der Waals surface area contributed by atoms with Crippen LogP contribution in [0.1, 0.15) is 69.4 Å². The number of carbonyl (C=O) groups is 2. The molecule has 1 rings (SSSR count). The highest BCUT2D eigenvalue weighted by Gasteiger charge is 2.09. The van der Waals surface area contributed by atoms with Crippen LogP contribution in [0.3, 0.4) is 0 Å². The Morgan fingerprint density at radius 1 is 1.14 bits per heavy atom. The van der Waals surface area contributed by atoms with Gasteiger partial charge in [0.2, 0.25) is 0 Å². The first kappa shape index (κ1) is 18.2. The average molecular weight is 302 g/mol. The summed E-state index contributed by atoms with van der Waals surface area (Å²) in [7, 11) is 0. The lowest BCUT2D eigenvalue weighted by molar-refractivity contribution is -0.122. The van der Waals surface area contributed by atoms with E-state index in [-0.39, 0.29) is 17.5 Å². The van der Waals surface area contributed by atoms with E-state index < -0.39 is 0 Å². The summed E-state index contributed by atoms with van der Waals surface area (Å²) in [6.45, 7) is 8.26. The van der Waals surface area contributed by atoms with Crippen LogP contribution in [-0.2, 0) is 11.3 Å². The van der Waals surface area contributed by atoms with Gasteiger partial charge in [-0.2, -0.15) is 0 Å². The molecule has 0 bridgehead atoms. The Labute approximate surface area is 133 Å². The minimum Gasteiger partial charge on any atom is -0.299 e. The summed E-state index contributed by atoms with van der Waals surface area (Å²) in [4.78, 5) is 32.1. The number of aromatic nitrogens is 1. The number of rotatable bonds is 9. The van der Waals surface area contributed by atoms with Crippen molar-refractivity contribution in [1.82, 2.24) is 4.98 Å². The molecule has 0 aromatic carbocycles. The van der Waals surface area contributed by atoms with E-state index in [1.807, 2.05) is 39.8 Å². The minimum absolute atomic E-state index is 0.0851. The van der Waals surface area contributed by atoms with E-state index in [2.05, 4.69) is 9.98 Å². The quantitative estimate of drug-likeness (QED) is 0.393. The van der Waals surface area contributed by atoms with E-state index in [0.29, 0.717) is 24.9 Å². The third-order valence-electron chi connectivity index (χ3n) is 3.42. The molecule has 1 heterocycles. The van der Waals surface area contributed by atoms with Crippen molar-refractivity contribution in [2.75, 3.05) is 0 Å². The molecule has 120 valence electrons. The summed E-state index contributed by atoms with van der Waals surface area (Å²) in [5, 5.41) is 0. The molecule has 0 fully saturated rings. The first-order valence-electron chi connectivity index (χ1n) is 7.88. The van der Waals surface area contributed by atoms with Gasteiger partial charge in [-0.3, -0.25) is 19.6 Å². The Balaban J connectivity index is 2.39. The zero-order chi connectivity index (χ0) is 16.5. The van der Waals surface area contributed by atoms with Crippen molar-refractivity contribution in [2.45, 2.75) is 59.9 Å². The van der Waals surface area contributed by atoms with Crippen LogP contribution in [0.2, 0.25) is 0 Å². The molecular formula is C18H26N2O2. The van der Waals surface area contributed by atoms with Crippen LogP contribution in [-0.4, -0.2) is 22.3 Å². The maximum absolute atomic E-state index is 12.0. The normalized spacial score (nSPS) is 10.6. The van der Waals surface area contributed by atoms with Crippen LogP contribution < -0.4 is 0 Å². The minimum atomic E-state index is 0.0851. The van der Waals surface area contributed by atoms with E-state index in [9.17, 15) is 9.59 Å². The zero-order valence-electron chi connectivity index (χ0n) is 14.1. The number of hydrogen-bond acceptors (Lipinski definition) is 4. The van der Waals surface area contributed by atoms with Gasteiger partial charge in [0.15, 0.2) is 5.78 Å². The molecule has 22 heavy (non-hydrogen) atoms. The lowest BCUT2D eigenvalue weighted by Gasteiger charge is -2.04. The fourth-order valence-electron chi connectivity index (χ4n) is 1.94. The van der Waals surface area contributed by atoms with Crippen LogP contribution in [0.15, 0.2) is 23.3 Å². The van der Waals surface area contributed by atoms with Gasteiger partial charge < -0.3 is 0 Å². The predicted octanol–water partition coefficient (Wildman–Crippen LogP) is 4.03. The van der Waals surface area contributed by atoms with Crippen molar-refractivity contribution in [3.05, 3.63) is 29.6 Å². The molecule has 1 aromatic heterocycles. The van der Waals surface area contributed by atoms with Gasteiger partial charge in [0.1, 0.15) is 5.78 Å². The topological polar surface area (TPSA) is 59.4 Å². The average Bonchev–Trinajstić information content (AvgIpc) is 2.49. The molecule has 0 saturated heterocycles. The van der Waals surface area contributed by atoms with Gasteiger partial charge in [0, 0.05) is 36.2 Å². The number of carbonyl (C=O) groups excluding carboxylic acids is 2. The molecular weight excluding hydrogens is 276 g/mol. The van der Waals surface area contributed by atoms with Gasteiger partial charge in [0.25, 0.3) is 0 Å². The molecule has 0 aliphatic heterocycles. The fourth-order valence-corrected chi connectivity index (χ4v) is 1.94. The van der Waals surface area contributed by atoms with Gasteiger partial charge in [-0.05, 0) is 38.8 Å². The van der Waals surface area contributed by atoms with Crippen LogP contribution >= 0.6 is 0 Å². The SMILES string of the molecule is CC(C)=NCc1ccc(C(=O)CCCCC(=O)C(C)C)cn1. The van der Waals surface area contributed by atoms with E-state index in [4.69, 9.17) is 0 Å². The number of nitrogens with zero attached hydrogens (tertiary/aromatic N) is 2. The Morgan fingerprint density at radius 2 is 1.82 bits per heavy atom. The first-order chi connectivity index (χ1) is 10.4. The molecule has 0 unspecified atom stereocenters. The summed E-state index contributed by atoms with van der Waals surface area (Å²) in [6.07, 6.45) is 4.18. The van der Waals surface area contributed by atoms with Crippen molar-refractivity contribution in [3.63, 3.8) is 0 Å². The highest BCUT2D eigenvalue weighted by atomic mass is 16.1. The highest BCUT2D eigenvalue weighted by Crippen LogP contribution is 2.10. The number of pyridine rings is 1. The van der Waals surface area contributed by atoms with Gasteiger partial charge in [-0.15, -0.1) is 0 Å². The van der Waals surface area contributed by atoms with Crippen molar-refractivity contribution in [1.29, 1.82) is 0 Å². The Bertz CT molecular complexity index is 527. The molecule has 0 N–H and O–H groups in total. The number of unbranched alkanes of at least 4 members (excludes halogenated alkanes) is 1. The monoisotopic (exact) mass is 302 g/mol. The van der Waals surface area contributed by atoms with Crippen LogP contribution in [0, 0.1) is 5.92 Å². The maximum Gasteiger partial charge on any atom is 0.164 e. The van der Waals surface area contributed by atoms with Gasteiger partial charge >= 0.3 is 0 Å². The highest BCUT2D eigenvalue weighted by molar-refractivity contribution is 5.95. The predicted molar refractivity (Wildman–Crippen MR) is 89.4 cm³/mol. The molecule has 4 heteroatoms. The Kier molecular flexibility index (Phi) is 7.64. The van der Waals surface area contributed by atoms with Gasteiger partial charge in [-0.25, -0.2) is 0 Å². The van der Waals surface area contributed by atoms with Crippen molar-refractivity contribution < 1.29 is 9.59 Å². The lowest BCUT2D eigenvalue weighted by atomic mass is 10.0. The lowest BCUT2D eigenvalue weighted by Crippen LogP contribution is -2.07. The summed E-state index contributed by atoms with van der Waals surface area (Å²) < 4.78 is 0. The summed E-state index contributed by atoms with van der Waals surface area (Å²) in [5.41, 5.74) is 2.51. The first-order valence-corrected chi connectivity index (χ1v) is 7.88. The van der Waals surface area contributed by atoms with Crippen molar-refractivity contribution >= 4 is 17.3 Å². The fraction of sp³-hybridized carbons (Fsp3) is 0.556. The smallest absolute Gasteiger partial charge is 0.164 e. The van der Waals surface area contributed by atoms with Crippen LogP contribution in [0.25, 0.3) is 0 Å². The number of Topliss-reactive ketones (excluding diaryl/α,β-unsaturated/α-hetero) is 2. The van der Waals surface area contributed by atoms with E-state index in [0.717, 1.165) is 24.2 Å². The second-order valence-electron chi connectivity index (χ2n) is 6.05. The van der Waals surface area contributed by atoms with Crippen molar-refractivity contribution in [2.24, 2.45) is 10.9 Å². The number of hydrogen-bond donors (Lipinski definition) is 0. The standard InChI is InChI=1S/C18H26N2O2/c1-13(2)17(21)7-5-6-8-18(22)15-9-10-16(20-11-15)12-19-14(3)4/h9-11,13H,5-8,12H2,1-4H3. The Morgan fingerprint density at radius 3 is 2.36 bits per heavy atom. The Hall–Kier alpha value is -1.84. The molecule has 0 saturated carbocycles. The van der Waals surface area contributed by atoms with Crippen molar-refractivity contribution in [3.8, 4) is 0 Å². The van der Waals surface area contributed by atoms with E-state index >= 15 is 0 Å². The summed E-state index contributed by atoms with van der Waals surface area (Å²) >= 11 is 0. The molecule has 0 radical (unpaired) electrons. The molecule has 1 aromatic rings. The molecule has 0 spiro atoms. The van der Waals surface area contributed by atoms with Gasteiger partial charge in [0.05, 0.1) is 12.2 Å². The summed E-state index contributed by atoms with van der Waals surface area (Å²) in [6, 6.07) is 3.66. The van der Waals surface area contributed by atoms with Gasteiger partial charge in [-0.1, -0.05) is 13.8 Å². The molecule has 0 amide bonds. The number of ketones is 2. The molecule has 4 nitrogen and oxygen atoms in total. The van der Waals surface area contributed by atoms with E-state index in [1.165, 1.54) is 0 Å². The number of aliphatic imine (C=N–C) groups is 1. The largest absolute Gasteiger partial charge is 0.299 e. The third kappa shape index (κ3) is 6.74. The third-order valence-corrected chi connectivity index (χ3v) is 3.42. The zero-order valence-corrected chi connectivity index (χ0v) is 14.1. The summed E-state index contributed by atoms with van der Waals surface area (Å²) in [5.74, 6) is 0.443. The second kappa shape index (κ2) is 9.23. The molecule has 0 atom stereocenters. The maximum atomic E-state index is 12.0. The molecule has 0 aliphatic rings. The molecule has 0 aliphatic carbocycles. The van der Waals surface area contributed by atoms with Crippen LogP contribution in [0.5, 0.6) is 0 Å².